The molecule has 11 nitrogen and oxygen atoms in total. The average Bonchev–Trinajstić information content (AvgIpc) is 3.61. The van der Waals surface area contributed by atoms with Crippen LogP contribution >= 0.6 is 0 Å². The summed E-state index contributed by atoms with van der Waals surface area (Å²) >= 11 is 0. The number of rotatable bonds is 7. The number of hydrogen-bond acceptors (Lipinski definition) is 9. The number of amides is 1. The average molecular weight is 539 g/mol. The molecule has 2 fully saturated rings. The van der Waals surface area contributed by atoms with E-state index in [9.17, 15) is 14.0 Å². The van der Waals surface area contributed by atoms with Crippen molar-refractivity contribution in [3.05, 3.63) is 48.2 Å². The number of aromatic amines is 1. The quantitative estimate of drug-likeness (QED) is 0.434. The first-order chi connectivity index (χ1) is 18.6. The van der Waals surface area contributed by atoms with Crippen molar-refractivity contribution in [3.63, 3.8) is 0 Å². The van der Waals surface area contributed by atoms with Crippen LogP contribution in [0.5, 0.6) is 0 Å². The van der Waals surface area contributed by atoms with Gasteiger partial charge >= 0.3 is 11.8 Å². The van der Waals surface area contributed by atoms with Crippen LogP contribution in [0.15, 0.2) is 36.5 Å². The highest BCUT2D eigenvalue weighted by Crippen LogP contribution is 2.40. The summed E-state index contributed by atoms with van der Waals surface area (Å²) in [5.74, 6) is -3.43. The van der Waals surface area contributed by atoms with Gasteiger partial charge < -0.3 is 29.8 Å². The number of imidazole rings is 1. The molecule has 206 valence electrons. The molecule has 1 amide bonds. The van der Waals surface area contributed by atoms with E-state index in [0.717, 1.165) is 25.9 Å². The first-order valence-electron chi connectivity index (χ1n) is 12.8. The minimum Gasteiger partial charge on any atom is -0.462 e. The smallest absolute Gasteiger partial charge is 0.316 e. The first-order valence-corrected chi connectivity index (χ1v) is 12.8. The van der Waals surface area contributed by atoms with Gasteiger partial charge in [0.25, 0.3) is 5.91 Å². The van der Waals surface area contributed by atoms with Crippen molar-refractivity contribution in [2.75, 3.05) is 31.2 Å². The molecule has 0 unspecified atom stereocenters. The van der Waals surface area contributed by atoms with Crippen LogP contribution < -0.4 is 10.6 Å². The highest BCUT2D eigenvalue weighted by molar-refractivity contribution is 5.85. The van der Waals surface area contributed by atoms with Gasteiger partial charge in [-0.3, -0.25) is 9.59 Å². The molecule has 2 aliphatic heterocycles. The number of carbonyl (C=O) groups excluding carboxylic acids is 2. The number of H-pyrrole nitrogens is 1. The number of nitrogens with zero attached hydrogens (tertiary/aromatic N) is 4. The molecular formula is C27H31FN6O5. The summed E-state index contributed by atoms with van der Waals surface area (Å²) in [6.07, 6.45) is 3.43. The van der Waals surface area contributed by atoms with E-state index in [1.54, 1.807) is 45.2 Å². The highest BCUT2D eigenvalue weighted by Gasteiger charge is 2.54. The molecule has 12 heteroatoms. The fourth-order valence-electron chi connectivity index (χ4n) is 4.56. The molecule has 3 aromatic rings. The summed E-state index contributed by atoms with van der Waals surface area (Å²) < 4.78 is 30.9. The maximum atomic E-state index is 13.7. The third kappa shape index (κ3) is 5.09. The Kier molecular flexibility index (Phi) is 7.08. The first kappa shape index (κ1) is 26.7. The fraction of sp³-hybridized carbons (Fsp3) is 0.444. The molecule has 5 rings (SSSR count). The number of aromatic nitrogens is 4. The molecule has 0 bridgehead atoms. The van der Waals surface area contributed by atoms with E-state index in [1.807, 2.05) is 0 Å². The SMILES string of the molecule is CC(C)OC(=O)C1(C)COC(C(N)=O)(c2nc(-c3ccc(F)cc3)c(-c3ccnc(N4CCCC4)n3)[nH]2)OC1. The Balaban J connectivity index is 1.56. The Hall–Kier alpha value is -3.90. The molecule has 0 spiro atoms. The number of anilines is 1. The van der Waals surface area contributed by atoms with Gasteiger partial charge in [-0.1, -0.05) is 0 Å². The van der Waals surface area contributed by atoms with Crippen molar-refractivity contribution in [1.29, 1.82) is 0 Å². The maximum absolute atomic E-state index is 13.7. The van der Waals surface area contributed by atoms with Crippen LogP contribution in [0.1, 0.15) is 39.4 Å². The molecule has 3 N–H and O–H groups in total. The summed E-state index contributed by atoms with van der Waals surface area (Å²) in [5.41, 5.74) is 6.54. The standard InChI is InChI=1S/C27H31FN6O5/c1-16(2)39-24(36)26(3)14-37-27(22(29)35,38-15-26)23-32-20(17-6-8-18(28)9-7-17)21(33-23)19-10-11-30-25(31-19)34-12-4-5-13-34/h6-11,16H,4-5,12-15H2,1-3H3,(H2,29,35)(H,32,33). The lowest BCUT2D eigenvalue weighted by Crippen LogP contribution is -2.56. The largest absolute Gasteiger partial charge is 0.462 e. The van der Waals surface area contributed by atoms with Gasteiger partial charge in [0.2, 0.25) is 5.95 Å². The van der Waals surface area contributed by atoms with E-state index < -0.39 is 28.9 Å². The molecule has 4 heterocycles. The molecule has 2 aromatic heterocycles. The minimum atomic E-state index is -2.10. The van der Waals surface area contributed by atoms with Gasteiger partial charge in [-0.25, -0.2) is 19.3 Å². The van der Waals surface area contributed by atoms with Gasteiger partial charge in [0.05, 0.1) is 36.4 Å². The number of carbonyl (C=O) groups is 2. The Labute approximate surface area is 224 Å². The minimum absolute atomic E-state index is 0.0232. The molecule has 39 heavy (non-hydrogen) atoms. The van der Waals surface area contributed by atoms with Crippen LogP contribution in [-0.4, -0.2) is 64.2 Å². The van der Waals surface area contributed by atoms with Crippen LogP contribution in [0, 0.1) is 11.2 Å². The second-order valence-electron chi connectivity index (χ2n) is 10.3. The number of esters is 1. The van der Waals surface area contributed by atoms with Gasteiger partial charge in [0, 0.05) is 24.8 Å². The van der Waals surface area contributed by atoms with Crippen LogP contribution in [0.3, 0.4) is 0 Å². The van der Waals surface area contributed by atoms with Crippen molar-refractivity contribution in [3.8, 4) is 22.6 Å². The van der Waals surface area contributed by atoms with Gasteiger partial charge in [-0.15, -0.1) is 0 Å². The molecular weight excluding hydrogens is 507 g/mol. The maximum Gasteiger partial charge on any atom is 0.316 e. The normalized spacial score (nSPS) is 23.3. The van der Waals surface area contributed by atoms with E-state index >= 15 is 0 Å². The van der Waals surface area contributed by atoms with E-state index in [1.165, 1.54) is 12.1 Å². The molecule has 0 atom stereocenters. The highest BCUT2D eigenvalue weighted by atomic mass is 19.1. The summed E-state index contributed by atoms with van der Waals surface area (Å²) in [5, 5.41) is 0. The zero-order valence-corrected chi connectivity index (χ0v) is 22.1. The van der Waals surface area contributed by atoms with Crippen LogP contribution in [0.2, 0.25) is 0 Å². The van der Waals surface area contributed by atoms with Crippen molar-refractivity contribution in [1.82, 2.24) is 19.9 Å². The lowest BCUT2D eigenvalue weighted by atomic mass is 9.91. The zero-order valence-electron chi connectivity index (χ0n) is 22.1. The third-order valence-corrected chi connectivity index (χ3v) is 6.77. The molecule has 0 saturated carbocycles. The van der Waals surface area contributed by atoms with E-state index in [4.69, 9.17) is 24.9 Å². The number of benzene rings is 1. The van der Waals surface area contributed by atoms with Crippen LogP contribution in [-0.2, 0) is 29.6 Å². The lowest BCUT2D eigenvalue weighted by Gasteiger charge is -2.40. The van der Waals surface area contributed by atoms with Crippen LogP contribution in [0.25, 0.3) is 22.6 Å². The monoisotopic (exact) mass is 538 g/mol. The summed E-state index contributed by atoms with van der Waals surface area (Å²) in [7, 11) is 0. The molecule has 2 aliphatic rings. The Morgan fingerprint density at radius 1 is 1.10 bits per heavy atom. The third-order valence-electron chi connectivity index (χ3n) is 6.77. The van der Waals surface area contributed by atoms with Crippen molar-refractivity contribution < 1.29 is 28.2 Å². The molecule has 1 aromatic carbocycles. The Morgan fingerprint density at radius 2 is 1.77 bits per heavy atom. The van der Waals surface area contributed by atoms with Gasteiger partial charge in [0.15, 0.2) is 5.82 Å². The number of nitrogens with two attached hydrogens (primary N) is 1. The number of halogens is 1. The summed E-state index contributed by atoms with van der Waals surface area (Å²) in [6.45, 7) is 6.42. The fourth-order valence-corrected chi connectivity index (χ4v) is 4.56. The van der Waals surface area contributed by atoms with Gasteiger partial charge in [-0.05, 0) is 63.9 Å². The summed E-state index contributed by atoms with van der Waals surface area (Å²) in [6, 6.07) is 7.47. The zero-order chi connectivity index (χ0) is 27.8. The predicted octanol–water partition coefficient (Wildman–Crippen LogP) is 2.92. The van der Waals surface area contributed by atoms with Crippen molar-refractivity contribution >= 4 is 17.8 Å². The Bertz CT molecular complexity index is 1360. The predicted molar refractivity (Wildman–Crippen MR) is 139 cm³/mol. The Morgan fingerprint density at radius 3 is 2.38 bits per heavy atom. The molecule has 0 radical (unpaired) electrons. The topological polar surface area (TPSA) is 146 Å². The number of primary amides is 1. The number of ether oxygens (including phenoxy) is 3. The van der Waals surface area contributed by atoms with Crippen molar-refractivity contribution in [2.24, 2.45) is 11.1 Å². The second kappa shape index (κ2) is 10.3. The molecule has 2 saturated heterocycles. The lowest BCUT2D eigenvalue weighted by molar-refractivity contribution is -0.294. The second-order valence-corrected chi connectivity index (χ2v) is 10.3. The van der Waals surface area contributed by atoms with Crippen molar-refractivity contribution in [2.45, 2.75) is 45.5 Å². The number of hydrogen-bond donors (Lipinski definition) is 2. The van der Waals surface area contributed by atoms with E-state index in [2.05, 4.69) is 19.9 Å². The van der Waals surface area contributed by atoms with Gasteiger partial charge in [-0.2, -0.15) is 0 Å². The summed E-state index contributed by atoms with van der Waals surface area (Å²) in [4.78, 5) is 44.5. The van der Waals surface area contributed by atoms with Crippen LogP contribution in [0.4, 0.5) is 10.3 Å². The van der Waals surface area contributed by atoms with E-state index in [0.29, 0.717) is 28.6 Å². The van der Waals surface area contributed by atoms with Gasteiger partial charge in [0.1, 0.15) is 11.2 Å². The number of nitrogens with one attached hydrogen (secondary N) is 1. The molecule has 0 aliphatic carbocycles. The van der Waals surface area contributed by atoms with E-state index in [-0.39, 0.29) is 25.1 Å².